The first-order valence-electron chi connectivity index (χ1n) is 4.47. The minimum Gasteiger partial charge on any atom is -0.466 e. The second kappa shape index (κ2) is 9.81. The average Bonchev–Trinajstić information content (AvgIpc) is 1.98. The van der Waals surface area contributed by atoms with Crippen molar-refractivity contribution in [2.75, 3.05) is 27.2 Å². The zero-order valence-electron chi connectivity index (χ0n) is 8.71. The van der Waals surface area contributed by atoms with Gasteiger partial charge in [-0.15, -0.1) is 12.4 Å². The van der Waals surface area contributed by atoms with E-state index in [1.54, 1.807) is 0 Å². The van der Waals surface area contributed by atoms with Crippen molar-refractivity contribution in [1.29, 1.82) is 0 Å². The topological polar surface area (TPSA) is 29.5 Å². The highest BCUT2D eigenvalue weighted by atomic mass is 35.5. The Labute approximate surface area is 86.8 Å². The molecule has 13 heavy (non-hydrogen) atoms. The van der Waals surface area contributed by atoms with E-state index in [1.165, 1.54) is 0 Å². The second-order valence-electron chi connectivity index (χ2n) is 3.07. The number of hydrogen-bond acceptors (Lipinski definition) is 3. The summed E-state index contributed by atoms with van der Waals surface area (Å²) in [6, 6.07) is 0. The van der Waals surface area contributed by atoms with E-state index in [0.29, 0.717) is 13.0 Å². The van der Waals surface area contributed by atoms with Crippen LogP contribution in [0.3, 0.4) is 0 Å². The Balaban J connectivity index is 0. The zero-order chi connectivity index (χ0) is 9.40. The normalized spacial score (nSPS) is 9.54. The van der Waals surface area contributed by atoms with E-state index >= 15 is 0 Å². The van der Waals surface area contributed by atoms with Crippen molar-refractivity contribution in [2.24, 2.45) is 0 Å². The SMILES string of the molecule is CCOC(=O)CCCCN(C)C.Cl. The molecule has 0 fully saturated rings. The molecule has 0 radical (unpaired) electrons. The Kier molecular flexibility index (Phi) is 11.5. The lowest BCUT2D eigenvalue weighted by Gasteiger charge is -2.08. The molecule has 0 saturated carbocycles. The first-order valence-corrected chi connectivity index (χ1v) is 4.47. The van der Waals surface area contributed by atoms with Gasteiger partial charge >= 0.3 is 5.97 Å². The molecule has 0 aromatic carbocycles. The van der Waals surface area contributed by atoms with Crippen LogP contribution >= 0.6 is 12.4 Å². The van der Waals surface area contributed by atoms with Gasteiger partial charge in [-0.1, -0.05) is 0 Å². The van der Waals surface area contributed by atoms with Crippen LogP contribution in [0.1, 0.15) is 26.2 Å². The summed E-state index contributed by atoms with van der Waals surface area (Å²) in [6.45, 7) is 3.36. The highest BCUT2D eigenvalue weighted by molar-refractivity contribution is 5.85. The van der Waals surface area contributed by atoms with Crippen molar-refractivity contribution in [2.45, 2.75) is 26.2 Å². The number of esters is 1. The van der Waals surface area contributed by atoms with E-state index < -0.39 is 0 Å². The van der Waals surface area contributed by atoms with Crippen LogP contribution in [-0.2, 0) is 9.53 Å². The monoisotopic (exact) mass is 209 g/mol. The standard InChI is InChI=1S/C9H19NO2.ClH/c1-4-12-9(11)7-5-6-8-10(2)3;/h4-8H2,1-3H3;1H. The van der Waals surface area contributed by atoms with Gasteiger partial charge in [0.05, 0.1) is 6.61 Å². The molecule has 0 aliphatic carbocycles. The summed E-state index contributed by atoms with van der Waals surface area (Å²) in [6.07, 6.45) is 2.55. The predicted octanol–water partition coefficient (Wildman–Crippen LogP) is 1.70. The first kappa shape index (κ1) is 15.2. The lowest BCUT2D eigenvalue weighted by atomic mass is 10.2. The van der Waals surface area contributed by atoms with E-state index in [-0.39, 0.29) is 18.4 Å². The van der Waals surface area contributed by atoms with Crippen molar-refractivity contribution in [1.82, 2.24) is 4.90 Å². The summed E-state index contributed by atoms with van der Waals surface area (Å²) in [5, 5.41) is 0. The number of carbonyl (C=O) groups is 1. The molecule has 0 atom stereocenters. The zero-order valence-corrected chi connectivity index (χ0v) is 9.52. The summed E-state index contributed by atoms with van der Waals surface area (Å²) < 4.78 is 4.80. The fraction of sp³-hybridized carbons (Fsp3) is 0.889. The van der Waals surface area contributed by atoms with Crippen molar-refractivity contribution in [3.05, 3.63) is 0 Å². The Hall–Kier alpha value is -0.280. The van der Waals surface area contributed by atoms with Gasteiger partial charge in [0, 0.05) is 6.42 Å². The number of carbonyl (C=O) groups excluding carboxylic acids is 1. The summed E-state index contributed by atoms with van der Waals surface area (Å²) in [7, 11) is 4.06. The molecule has 0 aliphatic heterocycles. The summed E-state index contributed by atoms with van der Waals surface area (Å²) in [5.41, 5.74) is 0. The Morgan fingerprint density at radius 3 is 2.38 bits per heavy atom. The summed E-state index contributed by atoms with van der Waals surface area (Å²) in [4.78, 5) is 13.0. The minimum atomic E-state index is -0.0729. The molecule has 80 valence electrons. The fourth-order valence-corrected chi connectivity index (χ4v) is 0.931. The lowest BCUT2D eigenvalue weighted by Crippen LogP contribution is -2.13. The van der Waals surface area contributed by atoms with E-state index in [4.69, 9.17) is 4.74 Å². The number of hydrogen-bond donors (Lipinski definition) is 0. The molecule has 0 heterocycles. The van der Waals surface area contributed by atoms with Gasteiger partial charge in [-0.2, -0.15) is 0 Å². The van der Waals surface area contributed by atoms with E-state index in [0.717, 1.165) is 19.4 Å². The predicted molar refractivity (Wildman–Crippen MR) is 56.3 cm³/mol. The molecule has 0 unspecified atom stereocenters. The van der Waals surface area contributed by atoms with Gasteiger partial charge in [-0.25, -0.2) is 0 Å². The van der Waals surface area contributed by atoms with E-state index in [2.05, 4.69) is 4.90 Å². The number of halogens is 1. The van der Waals surface area contributed by atoms with Crippen LogP contribution in [0.15, 0.2) is 0 Å². The molecule has 0 amide bonds. The van der Waals surface area contributed by atoms with Crippen molar-refractivity contribution in [3.63, 3.8) is 0 Å². The van der Waals surface area contributed by atoms with E-state index in [1.807, 2.05) is 21.0 Å². The largest absolute Gasteiger partial charge is 0.466 e. The molecular weight excluding hydrogens is 190 g/mol. The number of nitrogens with zero attached hydrogens (tertiary/aromatic N) is 1. The lowest BCUT2D eigenvalue weighted by molar-refractivity contribution is -0.143. The fourth-order valence-electron chi connectivity index (χ4n) is 0.931. The molecule has 0 aliphatic rings. The van der Waals surface area contributed by atoms with Gasteiger partial charge in [-0.05, 0) is 40.4 Å². The second-order valence-corrected chi connectivity index (χ2v) is 3.07. The average molecular weight is 210 g/mol. The molecule has 0 saturated heterocycles. The smallest absolute Gasteiger partial charge is 0.305 e. The Morgan fingerprint density at radius 2 is 1.92 bits per heavy atom. The van der Waals surface area contributed by atoms with Gasteiger partial charge < -0.3 is 9.64 Å². The third-order valence-corrected chi connectivity index (χ3v) is 1.54. The van der Waals surface area contributed by atoms with E-state index in [9.17, 15) is 4.79 Å². The van der Waals surface area contributed by atoms with Crippen LogP contribution in [0.5, 0.6) is 0 Å². The van der Waals surface area contributed by atoms with Crippen LogP contribution in [-0.4, -0.2) is 38.1 Å². The summed E-state index contributed by atoms with van der Waals surface area (Å²) in [5.74, 6) is -0.0729. The molecule has 0 spiro atoms. The molecule has 3 nitrogen and oxygen atoms in total. The quantitative estimate of drug-likeness (QED) is 0.493. The molecule has 0 rings (SSSR count). The van der Waals surface area contributed by atoms with Gasteiger partial charge in [0.15, 0.2) is 0 Å². The third kappa shape index (κ3) is 11.7. The van der Waals surface area contributed by atoms with Crippen molar-refractivity contribution < 1.29 is 9.53 Å². The molecule has 0 N–H and O–H groups in total. The van der Waals surface area contributed by atoms with Crippen molar-refractivity contribution >= 4 is 18.4 Å². The highest BCUT2D eigenvalue weighted by Gasteiger charge is 2.00. The van der Waals surface area contributed by atoms with Gasteiger partial charge in [0.1, 0.15) is 0 Å². The maximum absolute atomic E-state index is 10.9. The number of rotatable bonds is 6. The third-order valence-electron chi connectivity index (χ3n) is 1.54. The Bertz CT molecular complexity index is 129. The van der Waals surface area contributed by atoms with Crippen molar-refractivity contribution in [3.8, 4) is 0 Å². The van der Waals surface area contributed by atoms with Gasteiger partial charge in [0.2, 0.25) is 0 Å². The first-order chi connectivity index (χ1) is 5.66. The highest BCUT2D eigenvalue weighted by Crippen LogP contribution is 1.98. The van der Waals surface area contributed by atoms with Crippen LogP contribution in [0.25, 0.3) is 0 Å². The minimum absolute atomic E-state index is 0. The van der Waals surface area contributed by atoms with Crippen LogP contribution in [0, 0.1) is 0 Å². The molecule has 0 aromatic heterocycles. The number of ether oxygens (including phenoxy) is 1. The Morgan fingerprint density at radius 1 is 1.31 bits per heavy atom. The van der Waals surface area contributed by atoms with Gasteiger partial charge in [0.25, 0.3) is 0 Å². The maximum Gasteiger partial charge on any atom is 0.305 e. The van der Waals surface area contributed by atoms with Crippen LogP contribution in [0.4, 0.5) is 0 Å². The number of unbranched alkanes of at least 4 members (excludes halogenated alkanes) is 1. The van der Waals surface area contributed by atoms with Crippen LogP contribution in [0.2, 0.25) is 0 Å². The molecule has 0 aromatic rings. The maximum atomic E-state index is 10.9. The molecule has 0 bridgehead atoms. The van der Waals surface area contributed by atoms with Crippen LogP contribution < -0.4 is 0 Å². The van der Waals surface area contributed by atoms with Gasteiger partial charge in [-0.3, -0.25) is 4.79 Å². The molecular formula is C9H20ClNO2. The summed E-state index contributed by atoms with van der Waals surface area (Å²) >= 11 is 0. The molecule has 4 heteroatoms.